The molecule has 1 aliphatic heterocycles. The molecule has 1 aliphatic carbocycles. The van der Waals surface area contributed by atoms with E-state index in [0.29, 0.717) is 24.7 Å². The first-order chi connectivity index (χ1) is 8.62. The topological polar surface area (TPSA) is 49.3 Å². The molecule has 0 radical (unpaired) electrons. The lowest BCUT2D eigenvalue weighted by Crippen LogP contribution is -2.50. The molecule has 0 aromatic carbocycles. The van der Waals surface area contributed by atoms with E-state index in [1.807, 2.05) is 11.8 Å². The maximum absolute atomic E-state index is 12.1. The van der Waals surface area contributed by atoms with Gasteiger partial charge in [0.05, 0.1) is 0 Å². The third-order valence-corrected chi connectivity index (χ3v) is 5.54. The van der Waals surface area contributed by atoms with Crippen LogP contribution >= 0.6 is 11.8 Å². The molecule has 1 saturated carbocycles. The Morgan fingerprint density at radius 2 is 2.00 bits per heavy atom. The third-order valence-electron chi connectivity index (χ3n) is 4.56. The molecule has 2 fully saturated rings. The Balaban J connectivity index is 1.80. The van der Waals surface area contributed by atoms with Gasteiger partial charge in [-0.25, -0.2) is 0 Å². The summed E-state index contributed by atoms with van der Waals surface area (Å²) < 4.78 is 0. The number of hydrogen-bond donors (Lipinski definition) is 2. The van der Waals surface area contributed by atoms with Crippen LogP contribution in [0.25, 0.3) is 0 Å². The number of thioether (sulfide) groups is 1. The second-order valence-electron chi connectivity index (χ2n) is 5.88. The van der Waals surface area contributed by atoms with Gasteiger partial charge in [0.25, 0.3) is 5.91 Å². The Morgan fingerprint density at radius 3 is 2.67 bits per heavy atom. The maximum atomic E-state index is 12.1. The molecule has 0 bridgehead atoms. The number of carbonyl (C=O) groups is 1. The van der Waals surface area contributed by atoms with E-state index in [9.17, 15) is 9.90 Å². The van der Waals surface area contributed by atoms with Crippen molar-refractivity contribution in [2.45, 2.75) is 51.0 Å². The zero-order valence-corrected chi connectivity index (χ0v) is 12.1. The molecule has 1 heterocycles. The summed E-state index contributed by atoms with van der Waals surface area (Å²) in [7, 11) is 0. The minimum atomic E-state index is -1.09. The summed E-state index contributed by atoms with van der Waals surface area (Å²) in [6, 6.07) is 0. The molecular weight excluding hydrogens is 246 g/mol. The lowest BCUT2D eigenvalue weighted by Gasteiger charge is -2.33. The summed E-state index contributed by atoms with van der Waals surface area (Å²) in [5.41, 5.74) is -1.09. The number of aliphatic hydroxyl groups is 1. The van der Waals surface area contributed by atoms with Gasteiger partial charge in [0.15, 0.2) is 0 Å². The molecular formula is C14H25NO2S. The maximum Gasteiger partial charge on any atom is 0.252 e. The summed E-state index contributed by atoms with van der Waals surface area (Å²) in [5.74, 6) is 2.95. The molecule has 2 rings (SSSR count). The highest BCUT2D eigenvalue weighted by molar-refractivity contribution is 7.99. The Hall–Kier alpha value is -0.220. The zero-order valence-electron chi connectivity index (χ0n) is 11.3. The van der Waals surface area contributed by atoms with Gasteiger partial charge in [-0.05, 0) is 42.6 Å². The smallest absolute Gasteiger partial charge is 0.252 e. The van der Waals surface area contributed by atoms with Crippen LogP contribution in [0.1, 0.15) is 45.4 Å². The highest BCUT2D eigenvalue weighted by atomic mass is 32.2. The summed E-state index contributed by atoms with van der Waals surface area (Å²) in [4.78, 5) is 12.1. The van der Waals surface area contributed by atoms with Crippen molar-refractivity contribution >= 4 is 17.7 Å². The van der Waals surface area contributed by atoms with E-state index in [4.69, 9.17) is 0 Å². The fourth-order valence-electron chi connectivity index (χ4n) is 3.02. The molecule has 0 aromatic rings. The van der Waals surface area contributed by atoms with Crippen LogP contribution < -0.4 is 5.32 Å². The van der Waals surface area contributed by atoms with Crippen LogP contribution in [0.3, 0.4) is 0 Å². The van der Waals surface area contributed by atoms with Crippen LogP contribution in [0.15, 0.2) is 0 Å². The third kappa shape index (κ3) is 3.41. The second-order valence-corrected chi connectivity index (χ2v) is 7.10. The minimum absolute atomic E-state index is 0.138. The van der Waals surface area contributed by atoms with Crippen molar-refractivity contribution in [3.63, 3.8) is 0 Å². The molecule has 2 unspecified atom stereocenters. The lowest BCUT2D eigenvalue weighted by molar-refractivity contribution is -0.140. The molecule has 2 N–H and O–H groups in total. The Bertz CT molecular complexity index is 290. The lowest BCUT2D eigenvalue weighted by atomic mass is 9.80. The van der Waals surface area contributed by atoms with Gasteiger partial charge in [-0.15, -0.1) is 0 Å². The van der Waals surface area contributed by atoms with E-state index >= 15 is 0 Å². The molecule has 18 heavy (non-hydrogen) atoms. The average Bonchev–Trinajstić information content (AvgIpc) is 2.38. The van der Waals surface area contributed by atoms with Crippen LogP contribution in [0, 0.1) is 11.8 Å². The molecule has 1 saturated heterocycles. The molecule has 4 heteroatoms. The first-order valence-corrected chi connectivity index (χ1v) is 8.36. The molecule has 2 atom stereocenters. The van der Waals surface area contributed by atoms with E-state index in [0.717, 1.165) is 18.1 Å². The first-order valence-electron chi connectivity index (χ1n) is 7.20. The van der Waals surface area contributed by atoms with Crippen molar-refractivity contribution in [1.29, 1.82) is 0 Å². The number of nitrogens with one attached hydrogen (secondary N) is 1. The predicted molar refractivity (Wildman–Crippen MR) is 75.6 cm³/mol. The van der Waals surface area contributed by atoms with Gasteiger partial charge in [-0.1, -0.05) is 26.2 Å². The summed E-state index contributed by atoms with van der Waals surface area (Å²) in [6.07, 6.45) is 6.31. The van der Waals surface area contributed by atoms with Crippen molar-refractivity contribution in [2.24, 2.45) is 11.8 Å². The normalized spacial score (nSPS) is 31.9. The highest BCUT2D eigenvalue weighted by Gasteiger charge is 2.37. The van der Waals surface area contributed by atoms with Gasteiger partial charge in [0, 0.05) is 6.54 Å². The van der Waals surface area contributed by atoms with Crippen molar-refractivity contribution in [3.8, 4) is 0 Å². The molecule has 1 amide bonds. The van der Waals surface area contributed by atoms with Crippen molar-refractivity contribution in [3.05, 3.63) is 0 Å². The van der Waals surface area contributed by atoms with Gasteiger partial charge in [-0.2, -0.15) is 11.8 Å². The Labute approximate surface area is 114 Å². The van der Waals surface area contributed by atoms with E-state index in [1.165, 1.54) is 25.7 Å². The minimum Gasteiger partial charge on any atom is -0.380 e. The van der Waals surface area contributed by atoms with Crippen LogP contribution in [0.2, 0.25) is 0 Å². The number of rotatable bonds is 3. The standard InChI is InChI=1S/C14H25NO2S/c1-11-4-2-3-5-12(11)10-15-13(16)14(17)6-8-18-9-7-14/h11-12,17H,2-10H2,1H3,(H,15,16). The van der Waals surface area contributed by atoms with Crippen LogP contribution in [0.5, 0.6) is 0 Å². The quantitative estimate of drug-likeness (QED) is 0.827. The Morgan fingerprint density at radius 1 is 1.33 bits per heavy atom. The van der Waals surface area contributed by atoms with Crippen LogP contribution in [0.4, 0.5) is 0 Å². The van der Waals surface area contributed by atoms with E-state index < -0.39 is 5.60 Å². The van der Waals surface area contributed by atoms with E-state index in [-0.39, 0.29) is 5.91 Å². The van der Waals surface area contributed by atoms with Crippen LogP contribution in [-0.4, -0.2) is 34.7 Å². The molecule has 0 spiro atoms. The predicted octanol–water partition coefficient (Wildman–Crippen LogP) is 2.19. The van der Waals surface area contributed by atoms with Gasteiger partial charge >= 0.3 is 0 Å². The van der Waals surface area contributed by atoms with Crippen molar-refractivity contribution in [2.75, 3.05) is 18.1 Å². The largest absolute Gasteiger partial charge is 0.380 e. The molecule has 104 valence electrons. The van der Waals surface area contributed by atoms with Crippen LogP contribution in [-0.2, 0) is 4.79 Å². The van der Waals surface area contributed by atoms with E-state index in [1.54, 1.807) is 0 Å². The van der Waals surface area contributed by atoms with Gasteiger partial charge in [0.1, 0.15) is 5.60 Å². The SMILES string of the molecule is CC1CCCCC1CNC(=O)C1(O)CCSCC1. The fourth-order valence-corrected chi connectivity index (χ4v) is 4.19. The molecule has 0 aromatic heterocycles. The number of hydrogen-bond acceptors (Lipinski definition) is 3. The monoisotopic (exact) mass is 271 g/mol. The molecule has 2 aliphatic rings. The van der Waals surface area contributed by atoms with Gasteiger partial charge < -0.3 is 10.4 Å². The molecule has 3 nitrogen and oxygen atoms in total. The van der Waals surface area contributed by atoms with E-state index in [2.05, 4.69) is 12.2 Å². The second kappa shape index (κ2) is 6.29. The first kappa shape index (κ1) is 14.2. The number of carbonyl (C=O) groups excluding carboxylic acids is 1. The summed E-state index contributed by atoms with van der Waals surface area (Å²) in [6.45, 7) is 3.03. The van der Waals surface area contributed by atoms with Crippen molar-refractivity contribution < 1.29 is 9.90 Å². The zero-order chi connectivity index (χ0) is 13.0. The van der Waals surface area contributed by atoms with Gasteiger partial charge in [0.2, 0.25) is 0 Å². The summed E-state index contributed by atoms with van der Waals surface area (Å²) >= 11 is 1.82. The number of amides is 1. The van der Waals surface area contributed by atoms with Crippen molar-refractivity contribution in [1.82, 2.24) is 5.32 Å². The summed E-state index contributed by atoms with van der Waals surface area (Å²) in [5, 5.41) is 13.3. The highest BCUT2D eigenvalue weighted by Crippen LogP contribution is 2.30. The average molecular weight is 271 g/mol. The fraction of sp³-hybridized carbons (Fsp3) is 0.929. The van der Waals surface area contributed by atoms with Gasteiger partial charge in [-0.3, -0.25) is 4.79 Å². The Kier molecular flexibility index (Phi) is 4.96.